The second-order valence-electron chi connectivity index (χ2n) is 14.8. The van der Waals surface area contributed by atoms with Crippen molar-refractivity contribution in [3.63, 3.8) is 0 Å². The zero-order chi connectivity index (χ0) is 35.0. The normalized spacial score (nSPS) is 13.2. The molecule has 0 fully saturated rings. The van der Waals surface area contributed by atoms with Crippen LogP contribution in [-0.2, 0) is 4.79 Å². The maximum Gasteiger partial charge on any atom is 0.220 e. The Morgan fingerprint density at radius 3 is 1.15 bits per heavy atom. The molecule has 2 unspecified atom stereocenters. The number of carbonyl (C=O) groups excluding carboxylic acids is 1. The van der Waals surface area contributed by atoms with E-state index in [1.165, 1.54) is 180 Å². The molecule has 4 nitrogen and oxygen atoms in total. The molecule has 0 aliphatic rings. The van der Waals surface area contributed by atoms with Gasteiger partial charge in [0.25, 0.3) is 0 Å². The molecule has 3 N–H and O–H groups in total. The SMILES string of the molecule is CCCCCCCCCCC/C=C\CCCCCCCC(=O)NC(CO)C(O)/C=C/CCCCCCCCCCCCCCCCCC. The van der Waals surface area contributed by atoms with Crippen molar-refractivity contribution in [1.29, 1.82) is 0 Å². The lowest BCUT2D eigenvalue weighted by molar-refractivity contribution is -0.123. The number of rotatable bonds is 39. The zero-order valence-corrected chi connectivity index (χ0v) is 32.5. The molecular formula is C44H85NO3. The predicted molar refractivity (Wildman–Crippen MR) is 212 cm³/mol. The van der Waals surface area contributed by atoms with E-state index < -0.39 is 12.1 Å². The molecule has 0 radical (unpaired) electrons. The summed E-state index contributed by atoms with van der Waals surface area (Å²) >= 11 is 0. The topological polar surface area (TPSA) is 69.6 Å². The molecular weight excluding hydrogens is 590 g/mol. The van der Waals surface area contributed by atoms with Crippen LogP contribution in [0.3, 0.4) is 0 Å². The highest BCUT2D eigenvalue weighted by atomic mass is 16.3. The summed E-state index contributed by atoms with van der Waals surface area (Å²) in [5.74, 6) is -0.0706. The van der Waals surface area contributed by atoms with Gasteiger partial charge in [-0.3, -0.25) is 4.79 Å². The first-order valence-electron chi connectivity index (χ1n) is 21.6. The van der Waals surface area contributed by atoms with Crippen LogP contribution in [0, 0.1) is 0 Å². The van der Waals surface area contributed by atoms with Gasteiger partial charge in [0.05, 0.1) is 18.8 Å². The van der Waals surface area contributed by atoms with Crippen LogP contribution in [0.15, 0.2) is 24.3 Å². The molecule has 1 amide bonds. The van der Waals surface area contributed by atoms with Crippen LogP contribution in [-0.4, -0.2) is 34.9 Å². The second kappa shape index (κ2) is 40.3. The maximum atomic E-state index is 12.4. The summed E-state index contributed by atoms with van der Waals surface area (Å²) in [7, 11) is 0. The third kappa shape index (κ3) is 36.2. The highest BCUT2D eigenvalue weighted by Crippen LogP contribution is 2.15. The maximum absolute atomic E-state index is 12.4. The van der Waals surface area contributed by atoms with Gasteiger partial charge < -0.3 is 15.5 Å². The van der Waals surface area contributed by atoms with E-state index in [9.17, 15) is 15.0 Å². The van der Waals surface area contributed by atoms with E-state index in [0.717, 1.165) is 32.1 Å². The Kier molecular flexibility index (Phi) is 39.4. The monoisotopic (exact) mass is 676 g/mol. The van der Waals surface area contributed by atoms with Gasteiger partial charge in [0.1, 0.15) is 0 Å². The Bertz CT molecular complexity index is 691. The van der Waals surface area contributed by atoms with Gasteiger partial charge in [0, 0.05) is 6.42 Å². The van der Waals surface area contributed by atoms with E-state index >= 15 is 0 Å². The van der Waals surface area contributed by atoms with E-state index in [1.807, 2.05) is 6.08 Å². The lowest BCUT2D eigenvalue weighted by atomic mass is 10.0. The smallest absolute Gasteiger partial charge is 0.220 e. The minimum atomic E-state index is -0.839. The van der Waals surface area contributed by atoms with E-state index in [4.69, 9.17) is 0 Å². The Morgan fingerprint density at radius 2 is 0.792 bits per heavy atom. The molecule has 0 aromatic heterocycles. The van der Waals surface area contributed by atoms with Gasteiger partial charge in [0.2, 0.25) is 5.91 Å². The van der Waals surface area contributed by atoms with Crippen LogP contribution < -0.4 is 5.32 Å². The fourth-order valence-corrected chi connectivity index (χ4v) is 6.58. The molecule has 0 aliphatic heterocycles. The third-order valence-electron chi connectivity index (χ3n) is 9.93. The zero-order valence-electron chi connectivity index (χ0n) is 32.5. The number of nitrogens with one attached hydrogen (secondary N) is 1. The van der Waals surface area contributed by atoms with Crippen molar-refractivity contribution in [2.75, 3.05) is 6.61 Å². The molecule has 0 saturated heterocycles. The second-order valence-corrected chi connectivity index (χ2v) is 14.8. The lowest BCUT2D eigenvalue weighted by Crippen LogP contribution is -2.45. The molecule has 0 aromatic rings. The number of hydrogen-bond donors (Lipinski definition) is 3. The molecule has 4 heteroatoms. The van der Waals surface area contributed by atoms with Crippen molar-refractivity contribution < 1.29 is 15.0 Å². The van der Waals surface area contributed by atoms with E-state index in [1.54, 1.807) is 6.08 Å². The highest BCUT2D eigenvalue weighted by Gasteiger charge is 2.17. The minimum Gasteiger partial charge on any atom is -0.394 e. The Morgan fingerprint density at radius 1 is 0.479 bits per heavy atom. The molecule has 0 saturated carbocycles. The average Bonchev–Trinajstić information content (AvgIpc) is 3.09. The highest BCUT2D eigenvalue weighted by molar-refractivity contribution is 5.76. The van der Waals surface area contributed by atoms with Gasteiger partial charge in [-0.15, -0.1) is 0 Å². The number of hydrogen-bond acceptors (Lipinski definition) is 3. The van der Waals surface area contributed by atoms with Crippen molar-refractivity contribution in [2.24, 2.45) is 0 Å². The average molecular weight is 676 g/mol. The molecule has 284 valence electrons. The number of aliphatic hydroxyl groups is 2. The van der Waals surface area contributed by atoms with Gasteiger partial charge in [-0.25, -0.2) is 0 Å². The van der Waals surface area contributed by atoms with Gasteiger partial charge in [0.15, 0.2) is 0 Å². The summed E-state index contributed by atoms with van der Waals surface area (Å²) in [5, 5.41) is 23.0. The van der Waals surface area contributed by atoms with E-state index in [0.29, 0.717) is 6.42 Å². The van der Waals surface area contributed by atoms with Crippen molar-refractivity contribution in [3.05, 3.63) is 24.3 Å². The molecule has 48 heavy (non-hydrogen) atoms. The quantitative estimate of drug-likeness (QED) is 0.0448. The summed E-state index contributed by atoms with van der Waals surface area (Å²) in [6.45, 7) is 4.32. The van der Waals surface area contributed by atoms with Crippen LogP contribution in [0.4, 0.5) is 0 Å². The molecule has 0 aromatic carbocycles. The number of unbranched alkanes of at least 4 members (excludes halogenated alkanes) is 30. The summed E-state index contributed by atoms with van der Waals surface area (Å²) in [4.78, 5) is 12.4. The van der Waals surface area contributed by atoms with Gasteiger partial charge in [-0.2, -0.15) is 0 Å². The van der Waals surface area contributed by atoms with Crippen molar-refractivity contribution in [2.45, 2.75) is 244 Å². The largest absolute Gasteiger partial charge is 0.394 e. The fraction of sp³-hybridized carbons (Fsp3) is 0.886. The Balaban J connectivity index is 3.58. The summed E-state index contributed by atoms with van der Waals surface area (Å²) < 4.78 is 0. The standard InChI is InChI=1S/C44H85NO3/c1-3-5-7-9-11-13-15-17-19-21-23-25-27-29-31-33-35-37-39-43(47)42(41-46)45-44(48)40-38-36-34-32-30-28-26-24-22-20-18-16-14-12-10-8-6-4-2/h24,26,37,39,42-43,46-47H,3-23,25,27-36,38,40-41H2,1-2H3,(H,45,48)/b26-24-,39-37+. The van der Waals surface area contributed by atoms with Crippen molar-refractivity contribution in [3.8, 4) is 0 Å². The minimum absolute atomic E-state index is 0.0706. The number of carbonyl (C=O) groups is 1. The van der Waals surface area contributed by atoms with Gasteiger partial charge in [-0.05, 0) is 44.9 Å². The first-order valence-corrected chi connectivity index (χ1v) is 21.6. The third-order valence-corrected chi connectivity index (χ3v) is 9.93. The van der Waals surface area contributed by atoms with E-state index in [2.05, 4.69) is 31.3 Å². The van der Waals surface area contributed by atoms with Crippen LogP contribution in [0.2, 0.25) is 0 Å². The molecule has 0 heterocycles. The van der Waals surface area contributed by atoms with Crippen molar-refractivity contribution in [1.82, 2.24) is 5.32 Å². The first-order chi connectivity index (χ1) is 23.7. The number of aliphatic hydroxyl groups excluding tert-OH is 2. The number of allylic oxidation sites excluding steroid dienone is 3. The molecule has 2 atom stereocenters. The van der Waals surface area contributed by atoms with Gasteiger partial charge >= 0.3 is 0 Å². The van der Waals surface area contributed by atoms with Crippen LogP contribution in [0.25, 0.3) is 0 Å². The van der Waals surface area contributed by atoms with Crippen LogP contribution >= 0.6 is 0 Å². The Hall–Kier alpha value is -1.13. The molecule has 0 rings (SSSR count). The number of amides is 1. The molecule has 0 bridgehead atoms. The molecule has 0 spiro atoms. The summed E-state index contributed by atoms with van der Waals surface area (Å²) in [6.07, 6.45) is 51.4. The van der Waals surface area contributed by atoms with Gasteiger partial charge in [-0.1, -0.05) is 205 Å². The van der Waals surface area contributed by atoms with E-state index in [-0.39, 0.29) is 12.5 Å². The van der Waals surface area contributed by atoms with Crippen LogP contribution in [0.5, 0.6) is 0 Å². The lowest BCUT2D eigenvalue weighted by Gasteiger charge is -2.20. The van der Waals surface area contributed by atoms with Crippen LogP contribution in [0.1, 0.15) is 232 Å². The first kappa shape index (κ1) is 46.9. The Labute approximate surface area is 300 Å². The fourth-order valence-electron chi connectivity index (χ4n) is 6.58. The summed E-state index contributed by atoms with van der Waals surface area (Å²) in [6, 6.07) is -0.623. The predicted octanol–water partition coefficient (Wildman–Crippen LogP) is 13.2. The summed E-state index contributed by atoms with van der Waals surface area (Å²) in [5.41, 5.74) is 0. The van der Waals surface area contributed by atoms with Crippen molar-refractivity contribution >= 4 is 5.91 Å². The molecule has 0 aliphatic carbocycles.